The van der Waals surface area contributed by atoms with Crippen LogP contribution < -0.4 is 10.1 Å². The number of hydrogen-bond donors (Lipinski definition) is 1. The zero-order valence-electron chi connectivity index (χ0n) is 13.3. The Kier molecular flexibility index (Phi) is 5.62. The number of carbonyl (C=O) groups excluding carboxylic acids is 1. The van der Waals surface area contributed by atoms with E-state index in [0.29, 0.717) is 17.5 Å². The second kappa shape index (κ2) is 7.46. The van der Waals surface area contributed by atoms with Crippen molar-refractivity contribution >= 4 is 5.91 Å². The number of carbonyl (C=O) groups is 1. The van der Waals surface area contributed by atoms with Crippen LogP contribution in [0.15, 0.2) is 24.3 Å². The van der Waals surface area contributed by atoms with Crippen LogP contribution in [0, 0.1) is 5.92 Å². The molecule has 1 fully saturated rings. The van der Waals surface area contributed by atoms with Gasteiger partial charge in [-0.1, -0.05) is 0 Å². The smallest absolute Gasteiger partial charge is 0.251 e. The molecule has 2 rings (SSSR count). The maximum Gasteiger partial charge on any atom is 0.251 e. The average Bonchev–Trinajstić information content (AvgIpc) is 2.53. The summed E-state index contributed by atoms with van der Waals surface area (Å²) in [6, 6.07) is 7.86. The first-order valence-electron chi connectivity index (χ1n) is 7.76. The Morgan fingerprint density at radius 1 is 1.29 bits per heavy atom. The number of benzene rings is 1. The van der Waals surface area contributed by atoms with Gasteiger partial charge in [0, 0.05) is 18.2 Å². The first kappa shape index (κ1) is 15.8. The van der Waals surface area contributed by atoms with Crippen molar-refractivity contribution in [3.63, 3.8) is 0 Å². The molecule has 1 aromatic rings. The summed E-state index contributed by atoms with van der Waals surface area (Å²) < 4.78 is 5.10. The van der Waals surface area contributed by atoms with Crippen LogP contribution in [0.5, 0.6) is 5.75 Å². The minimum absolute atomic E-state index is 0.00365. The van der Waals surface area contributed by atoms with Crippen LogP contribution in [0.4, 0.5) is 0 Å². The van der Waals surface area contributed by atoms with Crippen LogP contribution in [-0.2, 0) is 0 Å². The number of hydrogen-bond acceptors (Lipinski definition) is 3. The molecule has 1 saturated heterocycles. The molecule has 4 nitrogen and oxygen atoms in total. The van der Waals surface area contributed by atoms with Gasteiger partial charge < -0.3 is 15.0 Å². The van der Waals surface area contributed by atoms with Gasteiger partial charge in [-0.2, -0.15) is 0 Å². The lowest BCUT2D eigenvalue weighted by Crippen LogP contribution is -2.41. The lowest BCUT2D eigenvalue weighted by molar-refractivity contribution is 0.0929. The SMILES string of the molecule is COc1ccc(C(=O)NCC2CCN(C(C)C)CC2)cc1. The van der Waals surface area contributed by atoms with Gasteiger partial charge in [-0.15, -0.1) is 0 Å². The summed E-state index contributed by atoms with van der Waals surface area (Å²) in [7, 11) is 1.62. The summed E-state index contributed by atoms with van der Waals surface area (Å²) in [6.45, 7) is 7.54. The topological polar surface area (TPSA) is 41.6 Å². The fourth-order valence-electron chi connectivity index (χ4n) is 2.75. The fourth-order valence-corrected chi connectivity index (χ4v) is 2.75. The van der Waals surface area contributed by atoms with Gasteiger partial charge in [-0.25, -0.2) is 0 Å². The molecule has 116 valence electrons. The Morgan fingerprint density at radius 3 is 2.43 bits per heavy atom. The fraction of sp³-hybridized carbons (Fsp3) is 0.588. The zero-order valence-corrected chi connectivity index (χ0v) is 13.3. The van der Waals surface area contributed by atoms with Crippen LogP contribution in [0.1, 0.15) is 37.0 Å². The molecule has 0 atom stereocenters. The molecule has 1 aliphatic heterocycles. The van der Waals surface area contributed by atoms with Crippen LogP contribution in [-0.4, -0.2) is 43.6 Å². The molecule has 0 spiro atoms. The molecule has 0 radical (unpaired) electrons. The third-order valence-electron chi connectivity index (χ3n) is 4.28. The predicted molar refractivity (Wildman–Crippen MR) is 84.8 cm³/mol. The molecule has 0 aliphatic carbocycles. The molecule has 1 N–H and O–H groups in total. The van der Waals surface area contributed by atoms with Gasteiger partial charge in [0.15, 0.2) is 0 Å². The van der Waals surface area contributed by atoms with Crippen molar-refractivity contribution < 1.29 is 9.53 Å². The molecule has 4 heteroatoms. The Hall–Kier alpha value is -1.55. The molecule has 1 amide bonds. The zero-order chi connectivity index (χ0) is 15.2. The van der Waals surface area contributed by atoms with Crippen LogP contribution >= 0.6 is 0 Å². The lowest BCUT2D eigenvalue weighted by atomic mass is 9.96. The monoisotopic (exact) mass is 290 g/mol. The number of nitrogens with zero attached hydrogens (tertiary/aromatic N) is 1. The van der Waals surface area contributed by atoms with E-state index in [-0.39, 0.29) is 5.91 Å². The molecule has 0 saturated carbocycles. The largest absolute Gasteiger partial charge is 0.497 e. The van der Waals surface area contributed by atoms with Crippen molar-refractivity contribution in [2.45, 2.75) is 32.7 Å². The summed E-state index contributed by atoms with van der Waals surface area (Å²) in [6.07, 6.45) is 2.34. The molecule has 1 aliphatic rings. The third-order valence-corrected chi connectivity index (χ3v) is 4.28. The van der Waals surface area contributed by atoms with Crippen molar-refractivity contribution in [3.8, 4) is 5.75 Å². The highest BCUT2D eigenvalue weighted by atomic mass is 16.5. The maximum absolute atomic E-state index is 12.1. The summed E-state index contributed by atoms with van der Waals surface area (Å²) in [5, 5.41) is 3.05. The van der Waals surface area contributed by atoms with E-state index >= 15 is 0 Å². The van der Waals surface area contributed by atoms with E-state index in [1.54, 1.807) is 19.2 Å². The van der Waals surface area contributed by atoms with Crippen molar-refractivity contribution in [2.24, 2.45) is 5.92 Å². The van der Waals surface area contributed by atoms with E-state index < -0.39 is 0 Å². The molecule has 0 unspecified atom stereocenters. The van der Waals surface area contributed by atoms with Gasteiger partial charge in [0.1, 0.15) is 5.75 Å². The first-order chi connectivity index (χ1) is 10.1. The van der Waals surface area contributed by atoms with Crippen molar-refractivity contribution in [3.05, 3.63) is 29.8 Å². The normalized spacial score (nSPS) is 17.0. The summed E-state index contributed by atoms with van der Waals surface area (Å²) in [5.41, 5.74) is 0.690. The van der Waals surface area contributed by atoms with Crippen LogP contribution in [0.25, 0.3) is 0 Å². The number of methoxy groups -OCH3 is 1. The summed E-state index contributed by atoms with van der Waals surface area (Å²) >= 11 is 0. The molecule has 21 heavy (non-hydrogen) atoms. The minimum atomic E-state index is 0.00365. The number of ether oxygens (including phenoxy) is 1. The molecule has 1 heterocycles. The van der Waals surface area contributed by atoms with E-state index in [0.717, 1.165) is 25.4 Å². The van der Waals surface area contributed by atoms with Gasteiger partial charge in [-0.3, -0.25) is 4.79 Å². The quantitative estimate of drug-likeness (QED) is 0.906. The minimum Gasteiger partial charge on any atom is -0.497 e. The van der Waals surface area contributed by atoms with Crippen molar-refractivity contribution in [1.82, 2.24) is 10.2 Å². The Morgan fingerprint density at radius 2 is 1.90 bits per heavy atom. The summed E-state index contributed by atoms with van der Waals surface area (Å²) in [5.74, 6) is 1.37. The van der Waals surface area contributed by atoms with E-state index in [1.807, 2.05) is 12.1 Å². The predicted octanol–water partition coefficient (Wildman–Crippen LogP) is 2.55. The number of nitrogens with one attached hydrogen (secondary N) is 1. The molecular formula is C17H26N2O2. The Labute approximate surface area is 127 Å². The van der Waals surface area contributed by atoms with Crippen LogP contribution in [0.2, 0.25) is 0 Å². The number of likely N-dealkylation sites (tertiary alicyclic amines) is 1. The lowest BCUT2D eigenvalue weighted by Gasteiger charge is -2.34. The average molecular weight is 290 g/mol. The highest BCUT2D eigenvalue weighted by molar-refractivity contribution is 5.94. The highest BCUT2D eigenvalue weighted by Crippen LogP contribution is 2.18. The van der Waals surface area contributed by atoms with Gasteiger partial charge in [0.25, 0.3) is 5.91 Å². The van der Waals surface area contributed by atoms with E-state index in [9.17, 15) is 4.79 Å². The van der Waals surface area contributed by atoms with E-state index in [2.05, 4.69) is 24.1 Å². The highest BCUT2D eigenvalue weighted by Gasteiger charge is 2.21. The van der Waals surface area contributed by atoms with Gasteiger partial charge in [0.05, 0.1) is 7.11 Å². The molecule has 0 aromatic heterocycles. The second-order valence-corrected chi connectivity index (χ2v) is 6.01. The van der Waals surface area contributed by atoms with Gasteiger partial charge >= 0.3 is 0 Å². The van der Waals surface area contributed by atoms with Gasteiger partial charge in [0.2, 0.25) is 0 Å². The van der Waals surface area contributed by atoms with Crippen molar-refractivity contribution in [1.29, 1.82) is 0 Å². The molecular weight excluding hydrogens is 264 g/mol. The number of rotatable bonds is 5. The number of piperidine rings is 1. The number of amides is 1. The second-order valence-electron chi connectivity index (χ2n) is 6.01. The first-order valence-corrected chi connectivity index (χ1v) is 7.76. The Balaban J connectivity index is 1.76. The molecule has 1 aromatic carbocycles. The third kappa shape index (κ3) is 4.46. The van der Waals surface area contributed by atoms with E-state index in [1.165, 1.54) is 12.8 Å². The van der Waals surface area contributed by atoms with E-state index in [4.69, 9.17) is 4.74 Å². The Bertz CT molecular complexity index is 448. The van der Waals surface area contributed by atoms with Crippen LogP contribution in [0.3, 0.4) is 0 Å². The standard InChI is InChI=1S/C17H26N2O2/c1-13(2)19-10-8-14(9-11-19)12-18-17(20)15-4-6-16(21-3)7-5-15/h4-7,13-14H,8-12H2,1-3H3,(H,18,20). The summed E-state index contributed by atoms with van der Waals surface area (Å²) in [4.78, 5) is 14.6. The van der Waals surface area contributed by atoms with Crippen molar-refractivity contribution in [2.75, 3.05) is 26.7 Å². The molecule has 0 bridgehead atoms. The van der Waals surface area contributed by atoms with Gasteiger partial charge in [-0.05, 0) is 70.0 Å². The maximum atomic E-state index is 12.1.